The van der Waals surface area contributed by atoms with Crippen molar-refractivity contribution in [3.63, 3.8) is 0 Å². The maximum atomic E-state index is 11.8. The van der Waals surface area contributed by atoms with E-state index in [9.17, 15) is 18.0 Å². The Morgan fingerprint density at radius 2 is 2.00 bits per heavy atom. The molecular formula is C13H13NO5S. The van der Waals surface area contributed by atoms with Crippen molar-refractivity contribution in [1.29, 1.82) is 0 Å². The number of aliphatic carboxylic acids is 1. The van der Waals surface area contributed by atoms with Crippen LogP contribution in [0.4, 0.5) is 5.69 Å². The molecule has 1 aliphatic carbocycles. The van der Waals surface area contributed by atoms with Crippen molar-refractivity contribution < 1.29 is 23.1 Å². The van der Waals surface area contributed by atoms with Crippen LogP contribution in [0.5, 0.6) is 0 Å². The number of carbonyl (C=O) groups is 2. The number of anilines is 1. The predicted octanol–water partition coefficient (Wildman–Crippen LogP) is 0.676. The van der Waals surface area contributed by atoms with Crippen molar-refractivity contribution in [1.82, 2.24) is 0 Å². The van der Waals surface area contributed by atoms with Crippen LogP contribution in [0.25, 0.3) is 0 Å². The molecule has 1 aromatic carbocycles. The van der Waals surface area contributed by atoms with Gasteiger partial charge in [0.25, 0.3) is 0 Å². The van der Waals surface area contributed by atoms with Gasteiger partial charge in [0.05, 0.1) is 22.5 Å². The largest absolute Gasteiger partial charge is 0.481 e. The van der Waals surface area contributed by atoms with E-state index in [1.165, 1.54) is 6.07 Å². The normalized spacial score (nSPS) is 25.8. The zero-order valence-electron chi connectivity index (χ0n) is 10.5. The van der Waals surface area contributed by atoms with Crippen LogP contribution >= 0.6 is 0 Å². The Morgan fingerprint density at radius 1 is 1.25 bits per heavy atom. The van der Waals surface area contributed by atoms with E-state index in [1.54, 1.807) is 12.1 Å². The van der Waals surface area contributed by atoms with Crippen molar-refractivity contribution in [2.45, 2.75) is 17.7 Å². The number of sulfone groups is 1. The second kappa shape index (κ2) is 4.31. The number of carbonyl (C=O) groups excluding carboxylic acids is 1. The van der Waals surface area contributed by atoms with Gasteiger partial charge in [0, 0.05) is 5.69 Å². The molecule has 1 saturated carbocycles. The number of aryl methyl sites for hydroxylation is 1. The van der Waals surface area contributed by atoms with Crippen LogP contribution in [0.1, 0.15) is 12.0 Å². The van der Waals surface area contributed by atoms with E-state index >= 15 is 0 Å². The molecule has 106 valence electrons. The van der Waals surface area contributed by atoms with Crippen molar-refractivity contribution in [2.24, 2.45) is 11.8 Å². The minimum Gasteiger partial charge on any atom is -0.481 e. The lowest BCUT2D eigenvalue weighted by atomic mass is 10.1. The van der Waals surface area contributed by atoms with E-state index in [2.05, 4.69) is 5.32 Å². The Balaban J connectivity index is 1.77. The Labute approximate surface area is 115 Å². The van der Waals surface area contributed by atoms with Crippen molar-refractivity contribution in [2.75, 3.05) is 11.1 Å². The first-order valence-corrected chi connectivity index (χ1v) is 7.93. The molecular weight excluding hydrogens is 282 g/mol. The fourth-order valence-corrected chi connectivity index (χ4v) is 4.06. The van der Waals surface area contributed by atoms with E-state index in [0.717, 1.165) is 5.56 Å². The highest BCUT2D eigenvalue weighted by atomic mass is 32.2. The molecule has 2 atom stereocenters. The highest BCUT2D eigenvalue weighted by Gasteiger charge is 2.48. The molecule has 0 bridgehead atoms. The summed E-state index contributed by atoms with van der Waals surface area (Å²) in [6, 6.07) is 4.79. The molecule has 2 aliphatic rings. The molecule has 1 heterocycles. The third-order valence-corrected chi connectivity index (χ3v) is 5.55. The SMILES string of the molecule is O=C(O)C1CC1C(=O)Nc1ccc2c(c1)S(=O)(=O)CC2. The third-order valence-electron chi connectivity index (χ3n) is 3.75. The number of benzene rings is 1. The fraction of sp³-hybridized carbons (Fsp3) is 0.385. The van der Waals surface area contributed by atoms with Gasteiger partial charge >= 0.3 is 5.97 Å². The number of carboxylic acids is 1. The highest BCUT2D eigenvalue weighted by molar-refractivity contribution is 7.91. The molecule has 0 spiro atoms. The molecule has 0 aromatic heterocycles. The Hall–Kier alpha value is -1.89. The lowest BCUT2D eigenvalue weighted by Crippen LogP contribution is -2.17. The summed E-state index contributed by atoms with van der Waals surface area (Å²) in [4.78, 5) is 22.8. The van der Waals surface area contributed by atoms with Crippen molar-refractivity contribution in [3.8, 4) is 0 Å². The number of hydrogen-bond acceptors (Lipinski definition) is 4. The quantitative estimate of drug-likeness (QED) is 0.854. The summed E-state index contributed by atoms with van der Waals surface area (Å²) in [7, 11) is -3.24. The minimum atomic E-state index is -3.24. The average Bonchev–Trinajstić information content (AvgIpc) is 3.12. The minimum absolute atomic E-state index is 0.101. The average molecular weight is 295 g/mol. The van der Waals surface area contributed by atoms with Gasteiger partial charge in [-0.1, -0.05) is 6.07 Å². The first kappa shape index (κ1) is 13.1. The number of carboxylic acid groups (broad SMARTS) is 1. The predicted molar refractivity (Wildman–Crippen MR) is 70.1 cm³/mol. The molecule has 1 aliphatic heterocycles. The Morgan fingerprint density at radius 3 is 2.65 bits per heavy atom. The molecule has 1 aromatic rings. The highest BCUT2D eigenvalue weighted by Crippen LogP contribution is 2.39. The molecule has 1 amide bonds. The summed E-state index contributed by atoms with van der Waals surface area (Å²) in [5.74, 6) is -2.37. The lowest BCUT2D eigenvalue weighted by molar-refractivity contribution is -0.139. The lowest BCUT2D eigenvalue weighted by Gasteiger charge is -2.06. The van der Waals surface area contributed by atoms with Gasteiger partial charge in [0.1, 0.15) is 0 Å². The van der Waals surface area contributed by atoms with E-state index in [-0.39, 0.29) is 16.6 Å². The van der Waals surface area contributed by atoms with Crippen LogP contribution in [0.2, 0.25) is 0 Å². The fourth-order valence-electron chi connectivity index (χ4n) is 2.48. The van der Waals surface area contributed by atoms with Crippen molar-refractivity contribution in [3.05, 3.63) is 23.8 Å². The zero-order chi connectivity index (χ0) is 14.5. The van der Waals surface area contributed by atoms with Gasteiger partial charge in [-0.15, -0.1) is 0 Å². The first-order chi connectivity index (χ1) is 9.38. The van der Waals surface area contributed by atoms with E-state index in [1.807, 2.05) is 0 Å². The molecule has 0 saturated heterocycles. The standard InChI is InChI=1S/C13H13NO5S/c15-12(9-6-10(9)13(16)17)14-8-2-1-7-3-4-20(18,19)11(7)5-8/h1-2,5,9-10H,3-4,6H2,(H,14,15)(H,16,17). The van der Waals surface area contributed by atoms with Crippen LogP contribution < -0.4 is 5.32 Å². The molecule has 2 unspecified atom stereocenters. The van der Waals surface area contributed by atoms with Crippen LogP contribution in [0.15, 0.2) is 23.1 Å². The number of amides is 1. The van der Waals surface area contributed by atoms with Gasteiger partial charge in [-0.3, -0.25) is 9.59 Å². The summed E-state index contributed by atoms with van der Waals surface area (Å²) in [5.41, 5.74) is 1.16. The van der Waals surface area contributed by atoms with Crippen molar-refractivity contribution >= 4 is 27.4 Å². The maximum absolute atomic E-state index is 11.8. The summed E-state index contributed by atoms with van der Waals surface area (Å²) in [6.07, 6.45) is 0.833. The topological polar surface area (TPSA) is 101 Å². The second-order valence-electron chi connectivity index (χ2n) is 5.17. The summed E-state index contributed by atoms with van der Waals surface area (Å²) in [6.45, 7) is 0. The molecule has 2 N–H and O–H groups in total. The number of nitrogens with one attached hydrogen (secondary N) is 1. The van der Waals surface area contributed by atoms with Gasteiger partial charge in [-0.05, 0) is 30.5 Å². The van der Waals surface area contributed by atoms with Gasteiger partial charge in [-0.2, -0.15) is 0 Å². The summed E-state index contributed by atoms with van der Waals surface area (Å²) in [5, 5.41) is 11.4. The summed E-state index contributed by atoms with van der Waals surface area (Å²) >= 11 is 0. The molecule has 3 rings (SSSR count). The Bertz CT molecular complexity index is 709. The van der Waals surface area contributed by atoms with E-state index < -0.39 is 27.6 Å². The third kappa shape index (κ3) is 2.18. The molecule has 20 heavy (non-hydrogen) atoms. The van der Waals surface area contributed by atoms with Crippen LogP contribution in [0.3, 0.4) is 0 Å². The first-order valence-electron chi connectivity index (χ1n) is 6.28. The Kier molecular flexibility index (Phi) is 2.82. The number of hydrogen-bond donors (Lipinski definition) is 2. The van der Waals surface area contributed by atoms with Crippen LogP contribution in [-0.4, -0.2) is 31.2 Å². The van der Waals surface area contributed by atoms with Crippen LogP contribution in [-0.2, 0) is 25.8 Å². The monoisotopic (exact) mass is 295 g/mol. The molecule has 1 fully saturated rings. The smallest absolute Gasteiger partial charge is 0.307 e. The molecule has 0 radical (unpaired) electrons. The second-order valence-corrected chi connectivity index (χ2v) is 7.25. The van der Waals surface area contributed by atoms with Crippen LogP contribution in [0, 0.1) is 11.8 Å². The number of rotatable bonds is 3. The maximum Gasteiger partial charge on any atom is 0.307 e. The van der Waals surface area contributed by atoms with E-state index in [0.29, 0.717) is 18.5 Å². The number of fused-ring (bicyclic) bond motifs is 1. The van der Waals surface area contributed by atoms with E-state index in [4.69, 9.17) is 5.11 Å². The molecule has 7 heteroatoms. The van der Waals surface area contributed by atoms with Gasteiger partial charge in [-0.25, -0.2) is 8.42 Å². The zero-order valence-corrected chi connectivity index (χ0v) is 11.3. The van der Waals surface area contributed by atoms with Gasteiger partial charge < -0.3 is 10.4 Å². The molecule has 6 nitrogen and oxygen atoms in total. The van der Waals surface area contributed by atoms with Gasteiger partial charge in [0.15, 0.2) is 9.84 Å². The van der Waals surface area contributed by atoms with Gasteiger partial charge in [0.2, 0.25) is 5.91 Å². The summed E-state index contributed by atoms with van der Waals surface area (Å²) < 4.78 is 23.6.